The van der Waals surface area contributed by atoms with Crippen LogP contribution < -0.4 is 20.1 Å². The summed E-state index contributed by atoms with van der Waals surface area (Å²) in [5.74, 6) is 0.590. The number of ether oxygens (including phenoxy) is 2. The van der Waals surface area contributed by atoms with Gasteiger partial charge >= 0.3 is 0 Å². The Balaban J connectivity index is 1.45. The summed E-state index contributed by atoms with van der Waals surface area (Å²) < 4.78 is 24.6. The van der Waals surface area contributed by atoms with Crippen molar-refractivity contribution in [3.8, 4) is 11.5 Å². The number of carbonyl (C=O) groups excluding carboxylic acids is 1. The normalized spacial score (nSPS) is 16.5. The maximum Gasteiger partial charge on any atom is 0.260 e. The van der Waals surface area contributed by atoms with Crippen LogP contribution in [0, 0.1) is 12.7 Å². The van der Waals surface area contributed by atoms with Crippen molar-refractivity contribution in [2.24, 2.45) is 0 Å². The fourth-order valence-electron chi connectivity index (χ4n) is 3.33. The number of aryl methyl sites for hydroxylation is 1. The second-order valence-corrected chi connectivity index (χ2v) is 9.00. The van der Waals surface area contributed by atoms with Gasteiger partial charge in [0.2, 0.25) is 0 Å². The van der Waals surface area contributed by atoms with Gasteiger partial charge in [0.15, 0.2) is 17.0 Å². The molecule has 0 saturated carbocycles. The molecule has 170 valence electrons. The van der Waals surface area contributed by atoms with Crippen LogP contribution in [0.15, 0.2) is 65.6 Å². The molecule has 0 aliphatic carbocycles. The maximum absolute atomic E-state index is 13.4. The lowest BCUT2D eigenvalue weighted by Crippen LogP contribution is -2.31. The lowest BCUT2D eigenvalue weighted by atomic mass is 10.2. The number of nitrogens with one attached hydrogen (secondary N) is 2. The topological polar surface area (TPSA) is 59.6 Å². The second kappa shape index (κ2) is 10.2. The fraction of sp³-hybridized carbons (Fsp3) is 0.160. The first-order valence-electron chi connectivity index (χ1n) is 10.2. The molecule has 5 nitrogen and oxygen atoms in total. The van der Waals surface area contributed by atoms with Crippen LogP contribution in [0.5, 0.6) is 11.5 Å². The van der Waals surface area contributed by atoms with Crippen LogP contribution in [-0.4, -0.2) is 18.5 Å². The van der Waals surface area contributed by atoms with Gasteiger partial charge in [0.25, 0.3) is 5.91 Å². The van der Waals surface area contributed by atoms with Crippen LogP contribution in [0.4, 0.5) is 10.1 Å². The lowest BCUT2D eigenvalue weighted by Gasteiger charge is -2.15. The Morgan fingerprint density at radius 3 is 2.76 bits per heavy atom. The summed E-state index contributed by atoms with van der Waals surface area (Å²) in [5, 5.41) is 6.90. The summed E-state index contributed by atoms with van der Waals surface area (Å²) in [7, 11) is 1.55. The van der Waals surface area contributed by atoms with Crippen molar-refractivity contribution < 1.29 is 18.7 Å². The number of benzene rings is 3. The summed E-state index contributed by atoms with van der Waals surface area (Å²) in [6, 6.07) is 17.2. The van der Waals surface area contributed by atoms with Crippen LogP contribution in [0.2, 0.25) is 5.02 Å². The Hall–Kier alpha value is -3.16. The number of hydrogen-bond donors (Lipinski definition) is 2. The van der Waals surface area contributed by atoms with Gasteiger partial charge in [-0.25, -0.2) is 4.39 Å². The van der Waals surface area contributed by atoms with Crippen LogP contribution >= 0.6 is 23.4 Å². The summed E-state index contributed by atoms with van der Waals surface area (Å²) in [4.78, 5) is 13.1. The molecule has 8 heteroatoms. The van der Waals surface area contributed by atoms with E-state index in [9.17, 15) is 9.18 Å². The van der Waals surface area contributed by atoms with E-state index in [-0.39, 0.29) is 23.8 Å². The summed E-state index contributed by atoms with van der Waals surface area (Å²) >= 11 is 7.41. The van der Waals surface area contributed by atoms with Gasteiger partial charge in [0.05, 0.1) is 12.0 Å². The molecular formula is C25H22ClFN2O3S. The standard InChI is InChI=1S/C25H22ClFN2O3S/c1-15-10-18(26)7-8-20(15)28-25-29-24(30)23(33-25)13-16-6-9-21(22(12-16)31-2)32-14-17-4-3-5-19(27)11-17/h3-13,25,28H,14H2,1-2H3,(H,29,30)/b23-13-. The molecule has 1 unspecified atom stereocenters. The Bertz CT molecular complexity index is 1220. The number of rotatable bonds is 7. The zero-order valence-corrected chi connectivity index (χ0v) is 19.6. The quantitative estimate of drug-likeness (QED) is 0.404. The molecule has 3 aromatic carbocycles. The van der Waals surface area contributed by atoms with Crippen LogP contribution in [-0.2, 0) is 11.4 Å². The Labute approximate surface area is 200 Å². The summed E-state index contributed by atoms with van der Waals surface area (Å²) in [6.45, 7) is 2.17. The number of carbonyl (C=O) groups is 1. The van der Waals surface area contributed by atoms with Gasteiger partial charge in [-0.15, -0.1) is 0 Å². The fourth-order valence-corrected chi connectivity index (χ4v) is 4.53. The van der Waals surface area contributed by atoms with Gasteiger partial charge in [-0.1, -0.05) is 41.6 Å². The van der Waals surface area contributed by atoms with E-state index in [1.165, 1.54) is 23.9 Å². The highest BCUT2D eigenvalue weighted by molar-refractivity contribution is 8.05. The average Bonchev–Trinajstić information content (AvgIpc) is 3.13. The largest absolute Gasteiger partial charge is 0.493 e. The van der Waals surface area contributed by atoms with E-state index in [2.05, 4.69) is 10.6 Å². The number of anilines is 1. The highest BCUT2D eigenvalue weighted by atomic mass is 35.5. The highest BCUT2D eigenvalue weighted by Crippen LogP contribution is 2.34. The molecule has 1 amide bonds. The van der Waals surface area contributed by atoms with Gasteiger partial charge < -0.3 is 20.1 Å². The van der Waals surface area contributed by atoms with E-state index < -0.39 is 0 Å². The Kier molecular flexibility index (Phi) is 7.11. The zero-order chi connectivity index (χ0) is 23.4. The van der Waals surface area contributed by atoms with Gasteiger partial charge in [-0.05, 0) is 72.2 Å². The van der Waals surface area contributed by atoms with Crippen molar-refractivity contribution in [2.75, 3.05) is 12.4 Å². The first-order chi connectivity index (χ1) is 15.9. The first kappa shape index (κ1) is 23.0. The minimum Gasteiger partial charge on any atom is -0.493 e. The number of halogens is 2. The van der Waals surface area contributed by atoms with E-state index >= 15 is 0 Å². The summed E-state index contributed by atoms with van der Waals surface area (Å²) in [6.07, 6.45) is 1.80. The third kappa shape index (κ3) is 5.80. The molecule has 0 aromatic heterocycles. The van der Waals surface area contributed by atoms with Crippen molar-refractivity contribution in [1.82, 2.24) is 5.32 Å². The van der Waals surface area contributed by atoms with E-state index in [1.54, 1.807) is 43.5 Å². The zero-order valence-electron chi connectivity index (χ0n) is 18.0. The number of thioether (sulfide) groups is 1. The lowest BCUT2D eigenvalue weighted by molar-refractivity contribution is -0.116. The van der Waals surface area contributed by atoms with Crippen LogP contribution in [0.1, 0.15) is 16.7 Å². The third-order valence-electron chi connectivity index (χ3n) is 4.97. The highest BCUT2D eigenvalue weighted by Gasteiger charge is 2.27. The smallest absolute Gasteiger partial charge is 0.260 e. The SMILES string of the molecule is COc1cc(/C=C2\SC(Nc3ccc(Cl)cc3C)NC2=O)ccc1OCc1cccc(F)c1. The third-order valence-corrected chi connectivity index (χ3v) is 6.24. The molecule has 2 N–H and O–H groups in total. The van der Waals surface area contributed by atoms with Gasteiger partial charge in [0, 0.05) is 10.7 Å². The van der Waals surface area contributed by atoms with Crippen molar-refractivity contribution in [1.29, 1.82) is 0 Å². The van der Waals surface area contributed by atoms with Crippen LogP contribution in [0.25, 0.3) is 6.08 Å². The minimum atomic E-state index is -0.309. The first-order valence-corrected chi connectivity index (χ1v) is 11.4. The molecule has 1 atom stereocenters. The summed E-state index contributed by atoms with van der Waals surface area (Å²) in [5.41, 5.74) is 3.12. The molecule has 4 rings (SSSR count). The number of hydrogen-bond acceptors (Lipinski definition) is 5. The van der Waals surface area contributed by atoms with Crippen molar-refractivity contribution in [3.05, 3.63) is 93.1 Å². The molecule has 1 heterocycles. The molecule has 0 radical (unpaired) electrons. The van der Waals surface area contributed by atoms with Crippen molar-refractivity contribution in [3.63, 3.8) is 0 Å². The number of amides is 1. The minimum absolute atomic E-state index is 0.158. The van der Waals surface area contributed by atoms with E-state index in [0.29, 0.717) is 21.4 Å². The van der Waals surface area contributed by atoms with E-state index in [1.807, 2.05) is 25.1 Å². The van der Waals surface area contributed by atoms with Gasteiger partial charge in [0.1, 0.15) is 12.4 Å². The molecule has 0 spiro atoms. The second-order valence-electron chi connectivity index (χ2n) is 7.41. The number of methoxy groups -OCH3 is 1. The Morgan fingerprint density at radius 2 is 2.00 bits per heavy atom. The van der Waals surface area contributed by atoms with Crippen molar-refractivity contribution in [2.45, 2.75) is 19.0 Å². The monoisotopic (exact) mass is 484 g/mol. The maximum atomic E-state index is 13.4. The Morgan fingerprint density at radius 1 is 1.15 bits per heavy atom. The molecule has 0 bridgehead atoms. The predicted octanol–water partition coefficient (Wildman–Crippen LogP) is 5.97. The average molecular weight is 485 g/mol. The van der Waals surface area contributed by atoms with Gasteiger partial charge in [-0.3, -0.25) is 4.79 Å². The molecular weight excluding hydrogens is 463 g/mol. The molecule has 1 fully saturated rings. The van der Waals surface area contributed by atoms with E-state index in [4.69, 9.17) is 21.1 Å². The predicted molar refractivity (Wildman–Crippen MR) is 131 cm³/mol. The molecule has 1 aliphatic heterocycles. The molecule has 1 saturated heterocycles. The molecule has 33 heavy (non-hydrogen) atoms. The molecule has 1 aliphatic rings. The van der Waals surface area contributed by atoms with Crippen LogP contribution in [0.3, 0.4) is 0 Å². The molecule has 3 aromatic rings. The van der Waals surface area contributed by atoms with E-state index in [0.717, 1.165) is 22.4 Å². The van der Waals surface area contributed by atoms with Gasteiger partial charge in [-0.2, -0.15) is 0 Å². The van der Waals surface area contributed by atoms with Crippen molar-refractivity contribution >= 4 is 41.0 Å².